The van der Waals surface area contributed by atoms with Gasteiger partial charge in [-0.25, -0.2) is 0 Å². The standard InChI is InChI=1S/C8H16O2/c1-2-6-10-8-5-3-4-7(8)9/h7-9H,2-6H2,1H3/t7-,8-/m1/s1. The fourth-order valence-corrected chi connectivity index (χ4v) is 1.37. The average Bonchev–Trinajstić information content (AvgIpc) is 2.31. The first-order valence-electron chi connectivity index (χ1n) is 4.14. The van der Waals surface area contributed by atoms with Gasteiger partial charge in [-0.15, -0.1) is 0 Å². The maximum atomic E-state index is 9.29. The van der Waals surface area contributed by atoms with Crippen molar-refractivity contribution < 1.29 is 9.84 Å². The Balaban J connectivity index is 2.14. The first-order chi connectivity index (χ1) is 4.84. The number of hydrogen-bond acceptors (Lipinski definition) is 2. The molecular formula is C8H16O2. The van der Waals surface area contributed by atoms with Gasteiger partial charge < -0.3 is 9.84 Å². The van der Waals surface area contributed by atoms with Crippen LogP contribution in [0.1, 0.15) is 32.6 Å². The normalized spacial score (nSPS) is 33.0. The predicted molar refractivity (Wildman–Crippen MR) is 39.9 cm³/mol. The van der Waals surface area contributed by atoms with Crippen LogP contribution in [0.3, 0.4) is 0 Å². The minimum Gasteiger partial charge on any atom is -0.390 e. The van der Waals surface area contributed by atoms with Crippen LogP contribution in [0.5, 0.6) is 0 Å². The molecule has 0 amide bonds. The zero-order valence-electron chi connectivity index (χ0n) is 6.55. The lowest BCUT2D eigenvalue weighted by Crippen LogP contribution is -2.22. The topological polar surface area (TPSA) is 29.5 Å². The minimum atomic E-state index is -0.188. The summed E-state index contributed by atoms with van der Waals surface area (Å²) in [5.74, 6) is 0. The molecule has 1 N–H and O–H groups in total. The number of aliphatic hydroxyl groups is 1. The van der Waals surface area contributed by atoms with E-state index < -0.39 is 0 Å². The summed E-state index contributed by atoms with van der Waals surface area (Å²) >= 11 is 0. The van der Waals surface area contributed by atoms with Gasteiger partial charge in [0.25, 0.3) is 0 Å². The van der Waals surface area contributed by atoms with Gasteiger partial charge in [0.1, 0.15) is 0 Å². The fourth-order valence-electron chi connectivity index (χ4n) is 1.37. The first kappa shape index (κ1) is 8.02. The molecule has 0 aliphatic heterocycles. The van der Waals surface area contributed by atoms with Gasteiger partial charge in [0.2, 0.25) is 0 Å². The molecule has 0 spiro atoms. The first-order valence-corrected chi connectivity index (χ1v) is 4.14. The summed E-state index contributed by atoms with van der Waals surface area (Å²) in [5.41, 5.74) is 0. The van der Waals surface area contributed by atoms with E-state index in [1.54, 1.807) is 0 Å². The summed E-state index contributed by atoms with van der Waals surface area (Å²) in [4.78, 5) is 0. The number of hydrogen-bond donors (Lipinski definition) is 1. The Morgan fingerprint density at radius 3 is 2.80 bits per heavy atom. The Morgan fingerprint density at radius 2 is 2.30 bits per heavy atom. The molecule has 0 saturated heterocycles. The van der Waals surface area contributed by atoms with Gasteiger partial charge in [-0.2, -0.15) is 0 Å². The lowest BCUT2D eigenvalue weighted by Gasteiger charge is -2.14. The van der Waals surface area contributed by atoms with Crippen molar-refractivity contribution in [1.82, 2.24) is 0 Å². The Hall–Kier alpha value is -0.0800. The Morgan fingerprint density at radius 1 is 1.50 bits per heavy atom. The third kappa shape index (κ3) is 1.96. The molecule has 2 atom stereocenters. The summed E-state index contributed by atoms with van der Waals surface area (Å²) in [6, 6.07) is 0. The third-order valence-electron chi connectivity index (χ3n) is 1.95. The summed E-state index contributed by atoms with van der Waals surface area (Å²) < 4.78 is 5.41. The summed E-state index contributed by atoms with van der Waals surface area (Å²) in [7, 11) is 0. The molecule has 0 aromatic carbocycles. The van der Waals surface area contributed by atoms with Crippen LogP contribution in [0.15, 0.2) is 0 Å². The van der Waals surface area contributed by atoms with Gasteiger partial charge >= 0.3 is 0 Å². The van der Waals surface area contributed by atoms with E-state index >= 15 is 0 Å². The SMILES string of the molecule is CCCO[C@@H]1CCC[C@H]1O. The van der Waals surface area contributed by atoms with E-state index in [9.17, 15) is 5.11 Å². The Kier molecular flexibility index (Phi) is 3.16. The van der Waals surface area contributed by atoms with Gasteiger partial charge in [-0.1, -0.05) is 6.92 Å². The van der Waals surface area contributed by atoms with Crippen molar-refractivity contribution in [3.05, 3.63) is 0 Å². The van der Waals surface area contributed by atoms with Crippen molar-refractivity contribution in [3.63, 3.8) is 0 Å². The number of rotatable bonds is 3. The molecule has 1 rings (SSSR count). The lowest BCUT2D eigenvalue weighted by molar-refractivity contribution is -0.0181. The Labute approximate surface area is 62.2 Å². The second-order valence-corrected chi connectivity index (χ2v) is 2.91. The van der Waals surface area contributed by atoms with E-state index in [0.29, 0.717) is 0 Å². The molecule has 1 aliphatic carbocycles. The van der Waals surface area contributed by atoms with Gasteiger partial charge in [0.05, 0.1) is 12.2 Å². The monoisotopic (exact) mass is 144 g/mol. The van der Waals surface area contributed by atoms with Gasteiger partial charge in [-0.05, 0) is 25.7 Å². The van der Waals surface area contributed by atoms with Crippen LogP contribution in [0.4, 0.5) is 0 Å². The van der Waals surface area contributed by atoms with E-state index in [2.05, 4.69) is 6.92 Å². The molecule has 0 radical (unpaired) electrons. The van der Waals surface area contributed by atoms with Gasteiger partial charge in [0, 0.05) is 6.61 Å². The molecule has 60 valence electrons. The highest BCUT2D eigenvalue weighted by atomic mass is 16.5. The summed E-state index contributed by atoms with van der Waals surface area (Å²) in [6.07, 6.45) is 4.08. The van der Waals surface area contributed by atoms with Crippen molar-refractivity contribution >= 4 is 0 Å². The van der Waals surface area contributed by atoms with Crippen LogP contribution in [-0.2, 0) is 4.74 Å². The van der Waals surface area contributed by atoms with Crippen LogP contribution in [-0.4, -0.2) is 23.9 Å². The molecule has 1 fully saturated rings. The number of aliphatic hydroxyl groups excluding tert-OH is 1. The zero-order valence-corrected chi connectivity index (χ0v) is 6.55. The highest BCUT2D eigenvalue weighted by Gasteiger charge is 2.25. The largest absolute Gasteiger partial charge is 0.390 e. The molecule has 1 saturated carbocycles. The maximum Gasteiger partial charge on any atom is 0.0833 e. The number of ether oxygens (including phenoxy) is 1. The van der Waals surface area contributed by atoms with E-state index in [1.165, 1.54) is 0 Å². The minimum absolute atomic E-state index is 0.139. The zero-order chi connectivity index (χ0) is 7.40. The molecule has 0 heterocycles. The summed E-state index contributed by atoms with van der Waals surface area (Å²) in [6.45, 7) is 2.88. The van der Waals surface area contributed by atoms with E-state index in [1.807, 2.05) is 0 Å². The van der Waals surface area contributed by atoms with E-state index in [4.69, 9.17) is 4.74 Å². The van der Waals surface area contributed by atoms with E-state index in [-0.39, 0.29) is 12.2 Å². The molecular weight excluding hydrogens is 128 g/mol. The maximum absolute atomic E-state index is 9.29. The molecule has 1 aliphatic rings. The van der Waals surface area contributed by atoms with Gasteiger partial charge in [0.15, 0.2) is 0 Å². The van der Waals surface area contributed by atoms with Crippen LogP contribution in [0.2, 0.25) is 0 Å². The molecule has 2 heteroatoms. The predicted octanol–water partition coefficient (Wildman–Crippen LogP) is 1.33. The molecule has 2 nitrogen and oxygen atoms in total. The molecule has 10 heavy (non-hydrogen) atoms. The van der Waals surface area contributed by atoms with Crippen LogP contribution < -0.4 is 0 Å². The second-order valence-electron chi connectivity index (χ2n) is 2.91. The lowest BCUT2D eigenvalue weighted by atomic mass is 10.2. The Bertz CT molecular complexity index is 93.3. The smallest absolute Gasteiger partial charge is 0.0833 e. The van der Waals surface area contributed by atoms with Crippen molar-refractivity contribution in [2.45, 2.75) is 44.8 Å². The van der Waals surface area contributed by atoms with E-state index in [0.717, 1.165) is 32.3 Å². The molecule has 0 bridgehead atoms. The average molecular weight is 144 g/mol. The third-order valence-corrected chi connectivity index (χ3v) is 1.95. The fraction of sp³-hybridized carbons (Fsp3) is 1.00. The van der Waals surface area contributed by atoms with Crippen molar-refractivity contribution in [1.29, 1.82) is 0 Å². The molecule has 0 unspecified atom stereocenters. The van der Waals surface area contributed by atoms with Gasteiger partial charge in [-0.3, -0.25) is 0 Å². The van der Waals surface area contributed by atoms with Crippen molar-refractivity contribution in [2.75, 3.05) is 6.61 Å². The quantitative estimate of drug-likeness (QED) is 0.647. The van der Waals surface area contributed by atoms with Crippen molar-refractivity contribution in [3.8, 4) is 0 Å². The van der Waals surface area contributed by atoms with Crippen LogP contribution in [0.25, 0.3) is 0 Å². The second kappa shape index (κ2) is 3.94. The highest BCUT2D eigenvalue weighted by Crippen LogP contribution is 2.21. The highest BCUT2D eigenvalue weighted by molar-refractivity contribution is 4.76. The molecule has 0 aromatic heterocycles. The summed E-state index contributed by atoms with van der Waals surface area (Å²) in [5, 5.41) is 9.29. The van der Waals surface area contributed by atoms with Crippen molar-refractivity contribution in [2.24, 2.45) is 0 Å². The van der Waals surface area contributed by atoms with Crippen LogP contribution in [0, 0.1) is 0 Å². The van der Waals surface area contributed by atoms with Crippen LogP contribution >= 0.6 is 0 Å². The molecule has 0 aromatic rings.